The van der Waals surface area contributed by atoms with Crippen LogP contribution in [0.5, 0.6) is 5.75 Å². The van der Waals surface area contributed by atoms with Crippen LogP contribution in [0.3, 0.4) is 0 Å². The first-order valence-electron chi connectivity index (χ1n) is 11.7. The molecule has 11 nitrogen and oxygen atoms in total. The summed E-state index contributed by atoms with van der Waals surface area (Å²) in [5, 5.41) is 3.90. The van der Waals surface area contributed by atoms with Crippen molar-refractivity contribution in [3.8, 4) is 5.75 Å². The Kier molecular flexibility index (Phi) is 8.78. The summed E-state index contributed by atoms with van der Waals surface area (Å²) in [6.07, 6.45) is 1.51. The van der Waals surface area contributed by atoms with Gasteiger partial charge in [-0.2, -0.15) is 0 Å². The molecule has 4 rings (SSSR count). The summed E-state index contributed by atoms with van der Waals surface area (Å²) in [4.78, 5) is 48.0. The van der Waals surface area contributed by atoms with Gasteiger partial charge in [-0.1, -0.05) is 23.3 Å². The number of hydrogen-bond acceptors (Lipinski definition) is 6. The Morgan fingerprint density at radius 1 is 1.00 bits per heavy atom. The number of nitrogens with zero attached hydrogens (tertiary/aromatic N) is 5. The number of ether oxygens (including phenoxy) is 2. The highest BCUT2D eigenvalue weighted by Crippen LogP contribution is 2.34. The Hall–Kier alpha value is -3.86. The number of piperazine rings is 1. The monoisotopic (exact) mass is 568 g/mol. The second-order valence-corrected chi connectivity index (χ2v) is 9.05. The molecule has 0 saturated carbocycles. The van der Waals surface area contributed by atoms with Crippen LogP contribution >= 0.6 is 15.9 Å². The molecule has 192 valence electrons. The van der Waals surface area contributed by atoms with Gasteiger partial charge in [0.15, 0.2) is 0 Å². The Labute approximate surface area is 221 Å². The van der Waals surface area contributed by atoms with E-state index in [0.717, 1.165) is 4.47 Å². The second-order valence-electron chi connectivity index (χ2n) is 8.19. The third kappa shape index (κ3) is 6.11. The summed E-state index contributed by atoms with van der Waals surface area (Å²) in [5.41, 5.74) is 9.73. The third-order valence-electron chi connectivity index (χ3n) is 5.94. The Bertz CT molecular complexity index is 1330. The van der Waals surface area contributed by atoms with Gasteiger partial charge >= 0.3 is 0 Å². The number of Topliss-reactive ketones (excluding diaryl/α,β-unsaturated/α-hetero) is 1. The van der Waals surface area contributed by atoms with Crippen LogP contribution < -0.4 is 4.74 Å². The van der Waals surface area contributed by atoms with Gasteiger partial charge in [-0.25, -0.2) is 0 Å². The quantitative estimate of drug-likeness (QED) is 0.0988. The molecule has 1 N–H and O–H groups in total. The number of fused-ring (bicyclic) bond motifs is 1. The van der Waals surface area contributed by atoms with E-state index in [1.54, 1.807) is 29.2 Å². The van der Waals surface area contributed by atoms with Gasteiger partial charge < -0.3 is 24.3 Å². The van der Waals surface area contributed by atoms with Crippen molar-refractivity contribution >= 4 is 44.4 Å². The molecule has 0 atom stereocenters. The normalized spacial score (nSPS) is 13.3. The number of carbonyl (C=O) groups excluding carboxylic acids is 3. The molecule has 1 saturated heterocycles. The maximum atomic E-state index is 13.3. The molecular weight excluding hydrogens is 544 g/mol. The van der Waals surface area contributed by atoms with Crippen LogP contribution in [-0.4, -0.2) is 84.9 Å². The molecule has 37 heavy (non-hydrogen) atoms. The lowest BCUT2D eigenvalue weighted by molar-refractivity contribution is -0.127. The fraction of sp³-hybridized carbons (Fsp3) is 0.320. The zero-order valence-electron chi connectivity index (χ0n) is 19.9. The smallest absolute Gasteiger partial charge is 0.295 e. The molecule has 1 aromatic heterocycles. The van der Waals surface area contributed by atoms with Gasteiger partial charge in [0, 0.05) is 53.9 Å². The standard InChI is InChI=1S/C25H25BrN6O5/c26-19-6-7-20(37-15-14-36-13-8-29-30-27)21-18(16-28-22(19)21)23(33)25(35)32-11-9-31(10-12-32)24(34)17-4-2-1-3-5-17/h1-7,16,28H,8-15H2. The average Bonchev–Trinajstić information content (AvgIpc) is 3.39. The third-order valence-corrected chi connectivity index (χ3v) is 6.61. The molecule has 3 aromatic rings. The minimum Gasteiger partial charge on any atom is -0.490 e. The number of ketones is 1. The number of azide groups is 1. The van der Waals surface area contributed by atoms with Gasteiger partial charge in [-0.15, -0.1) is 0 Å². The van der Waals surface area contributed by atoms with Crippen LogP contribution in [0.15, 0.2) is 58.2 Å². The average molecular weight is 569 g/mol. The molecule has 2 aromatic carbocycles. The molecule has 0 unspecified atom stereocenters. The maximum absolute atomic E-state index is 13.3. The van der Waals surface area contributed by atoms with Gasteiger partial charge in [0.2, 0.25) is 0 Å². The van der Waals surface area contributed by atoms with E-state index >= 15 is 0 Å². The minimum atomic E-state index is -0.650. The first-order chi connectivity index (χ1) is 18.0. The number of H-pyrrole nitrogens is 1. The summed E-state index contributed by atoms with van der Waals surface area (Å²) >= 11 is 3.47. The minimum absolute atomic E-state index is 0.0935. The molecule has 2 heterocycles. The second kappa shape index (κ2) is 12.4. The molecule has 0 aliphatic carbocycles. The summed E-state index contributed by atoms with van der Waals surface area (Å²) in [6.45, 7) is 2.20. The Morgan fingerprint density at radius 2 is 1.73 bits per heavy atom. The van der Waals surface area contributed by atoms with Gasteiger partial charge in [0.05, 0.1) is 29.7 Å². The molecule has 0 bridgehead atoms. The number of carbonyl (C=O) groups is 3. The number of nitrogens with one attached hydrogen (secondary N) is 1. The van der Waals surface area contributed by atoms with Crippen molar-refractivity contribution in [1.29, 1.82) is 0 Å². The van der Waals surface area contributed by atoms with E-state index < -0.39 is 11.7 Å². The van der Waals surface area contributed by atoms with Crippen molar-refractivity contribution in [2.24, 2.45) is 5.11 Å². The molecule has 0 radical (unpaired) electrons. The first kappa shape index (κ1) is 26.2. The lowest BCUT2D eigenvalue weighted by atomic mass is 10.1. The zero-order valence-corrected chi connectivity index (χ0v) is 21.5. The number of aromatic nitrogens is 1. The highest BCUT2D eigenvalue weighted by atomic mass is 79.9. The van der Waals surface area contributed by atoms with Crippen LogP contribution in [0, 0.1) is 0 Å². The van der Waals surface area contributed by atoms with Gasteiger partial charge in [0.25, 0.3) is 17.6 Å². The first-order valence-corrected chi connectivity index (χ1v) is 12.5. The van der Waals surface area contributed by atoms with Gasteiger partial charge in [-0.3, -0.25) is 14.4 Å². The van der Waals surface area contributed by atoms with Crippen molar-refractivity contribution < 1.29 is 23.9 Å². The van der Waals surface area contributed by atoms with E-state index in [2.05, 4.69) is 30.9 Å². The van der Waals surface area contributed by atoms with Crippen molar-refractivity contribution in [3.63, 3.8) is 0 Å². The molecule has 12 heteroatoms. The van der Waals surface area contributed by atoms with Crippen LogP contribution in [0.1, 0.15) is 20.7 Å². The summed E-state index contributed by atoms with van der Waals surface area (Å²) in [6, 6.07) is 12.5. The predicted octanol–water partition coefficient (Wildman–Crippen LogP) is 3.80. The number of rotatable bonds is 10. The lowest BCUT2D eigenvalue weighted by Crippen LogP contribution is -2.52. The number of aromatic amines is 1. The SMILES string of the molecule is [N-]=[N+]=NCCOCCOc1ccc(Br)c2[nH]cc(C(=O)C(=O)N3CCN(C(=O)c4ccccc4)CC3)c12. The number of benzene rings is 2. The van der Waals surface area contributed by atoms with Crippen molar-refractivity contribution in [1.82, 2.24) is 14.8 Å². The van der Waals surface area contributed by atoms with Crippen LogP contribution in [0.4, 0.5) is 0 Å². The molecule has 0 spiro atoms. The molecule has 2 amide bonds. The van der Waals surface area contributed by atoms with Crippen LogP contribution in [-0.2, 0) is 9.53 Å². The fourth-order valence-corrected chi connectivity index (χ4v) is 4.52. The van der Waals surface area contributed by atoms with Crippen LogP contribution in [0.25, 0.3) is 21.3 Å². The van der Waals surface area contributed by atoms with Crippen molar-refractivity contribution in [2.75, 3.05) is 52.5 Å². The maximum Gasteiger partial charge on any atom is 0.295 e. The van der Waals surface area contributed by atoms with E-state index in [0.29, 0.717) is 35.3 Å². The fourth-order valence-electron chi connectivity index (χ4n) is 4.08. The Morgan fingerprint density at radius 3 is 2.46 bits per heavy atom. The largest absolute Gasteiger partial charge is 0.490 e. The van der Waals surface area contributed by atoms with E-state index in [-0.39, 0.29) is 50.9 Å². The summed E-state index contributed by atoms with van der Waals surface area (Å²) in [5.74, 6) is -0.931. The highest BCUT2D eigenvalue weighted by Gasteiger charge is 2.31. The van der Waals surface area contributed by atoms with E-state index in [4.69, 9.17) is 15.0 Å². The van der Waals surface area contributed by atoms with E-state index in [1.807, 2.05) is 18.2 Å². The topological polar surface area (TPSA) is 141 Å². The number of hydrogen-bond donors (Lipinski definition) is 1. The number of amides is 2. The van der Waals surface area contributed by atoms with Crippen LogP contribution in [0.2, 0.25) is 0 Å². The predicted molar refractivity (Wildman–Crippen MR) is 140 cm³/mol. The highest BCUT2D eigenvalue weighted by molar-refractivity contribution is 9.10. The van der Waals surface area contributed by atoms with Crippen molar-refractivity contribution in [3.05, 3.63) is 74.7 Å². The number of halogens is 1. The Balaban J connectivity index is 1.41. The summed E-state index contributed by atoms with van der Waals surface area (Å²) in [7, 11) is 0. The molecule has 1 aliphatic rings. The van der Waals surface area contributed by atoms with Gasteiger partial charge in [0.1, 0.15) is 12.4 Å². The lowest BCUT2D eigenvalue weighted by Gasteiger charge is -2.34. The molecule has 1 fully saturated rings. The van der Waals surface area contributed by atoms with Gasteiger partial charge in [-0.05, 0) is 45.7 Å². The molecular formula is C25H25BrN6O5. The summed E-state index contributed by atoms with van der Waals surface area (Å²) < 4.78 is 11.9. The van der Waals surface area contributed by atoms with Crippen molar-refractivity contribution in [2.45, 2.75) is 0 Å². The van der Waals surface area contributed by atoms with E-state index in [1.165, 1.54) is 11.1 Å². The molecule has 1 aliphatic heterocycles. The zero-order chi connectivity index (χ0) is 26.2. The van der Waals surface area contributed by atoms with E-state index in [9.17, 15) is 14.4 Å².